The van der Waals surface area contributed by atoms with Crippen LogP contribution in [0.4, 0.5) is 0 Å². The molecule has 0 saturated heterocycles. The first-order valence-corrected chi connectivity index (χ1v) is 8.85. The lowest BCUT2D eigenvalue weighted by atomic mass is 9.83. The molecule has 22 heavy (non-hydrogen) atoms. The molecule has 4 nitrogen and oxygen atoms in total. The summed E-state index contributed by atoms with van der Waals surface area (Å²) < 4.78 is 0. The summed E-state index contributed by atoms with van der Waals surface area (Å²) in [7, 11) is 1.84. The number of aliphatic imine (C=N–C) groups is 1. The molecule has 1 fully saturated rings. The number of nitrogens with one attached hydrogen (secondary N) is 2. The molecule has 2 rings (SSSR count). The van der Waals surface area contributed by atoms with E-state index in [1.54, 1.807) is 11.3 Å². The third-order valence-electron chi connectivity index (χ3n) is 4.22. The topological polar surface area (TPSA) is 49.3 Å². The van der Waals surface area contributed by atoms with Crippen LogP contribution >= 0.6 is 35.3 Å². The van der Waals surface area contributed by atoms with Crippen molar-refractivity contribution in [3.05, 3.63) is 16.1 Å². The molecule has 1 aliphatic rings. The molecular formula is C16H29IN4S. The van der Waals surface area contributed by atoms with E-state index in [4.69, 9.17) is 0 Å². The number of nitrogens with zero attached hydrogens (tertiary/aromatic N) is 2. The molecular weight excluding hydrogens is 407 g/mol. The number of hydrogen-bond donors (Lipinski definition) is 2. The minimum atomic E-state index is 0. The van der Waals surface area contributed by atoms with Gasteiger partial charge in [0.05, 0.1) is 5.01 Å². The molecule has 0 aromatic carbocycles. The van der Waals surface area contributed by atoms with Crippen molar-refractivity contribution in [2.45, 2.75) is 46.0 Å². The molecule has 126 valence electrons. The summed E-state index contributed by atoms with van der Waals surface area (Å²) in [6.07, 6.45) is 8.36. The van der Waals surface area contributed by atoms with E-state index in [0.717, 1.165) is 37.3 Å². The highest BCUT2D eigenvalue weighted by Crippen LogP contribution is 2.27. The van der Waals surface area contributed by atoms with Gasteiger partial charge in [0.2, 0.25) is 0 Å². The summed E-state index contributed by atoms with van der Waals surface area (Å²) in [5, 5.41) is 8.04. The zero-order chi connectivity index (χ0) is 15.1. The minimum Gasteiger partial charge on any atom is -0.356 e. The predicted octanol–water partition coefficient (Wildman–Crippen LogP) is 3.60. The van der Waals surface area contributed by atoms with Crippen molar-refractivity contribution < 1.29 is 0 Å². The predicted molar refractivity (Wildman–Crippen MR) is 106 cm³/mol. The second kappa shape index (κ2) is 10.4. The van der Waals surface area contributed by atoms with E-state index in [9.17, 15) is 0 Å². The van der Waals surface area contributed by atoms with Crippen molar-refractivity contribution in [1.82, 2.24) is 15.6 Å². The lowest BCUT2D eigenvalue weighted by molar-refractivity contribution is 0.289. The van der Waals surface area contributed by atoms with Gasteiger partial charge in [0, 0.05) is 37.6 Å². The van der Waals surface area contributed by atoms with E-state index < -0.39 is 0 Å². The van der Waals surface area contributed by atoms with Gasteiger partial charge in [0.1, 0.15) is 0 Å². The van der Waals surface area contributed by atoms with Gasteiger partial charge in [-0.1, -0.05) is 19.8 Å². The molecule has 0 radical (unpaired) electrons. The third-order valence-corrected chi connectivity index (χ3v) is 5.19. The maximum atomic E-state index is 4.38. The van der Waals surface area contributed by atoms with Crippen molar-refractivity contribution in [1.29, 1.82) is 0 Å². The number of halogens is 1. The summed E-state index contributed by atoms with van der Waals surface area (Å²) >= 11 is 1.77. The zero-order valence-electron chi connectivity index (χ0n) is 13.9. The Morgan fingerprint density at radius 3 is 2.64 bits per heavy atom. The molecule has 1 aromatic heterocycles. The van der Waals surface area contributed by atoms with Crippen LogP contribution in [0.5, 0.6) is 0 Å². The Bertz CT molecular complexity index is 453. The average molecular weight is 436 g/mol. The van der Waals surface area contributed by atoms with Gasteiger partial charge in [-0.05, 0) is 31.6 Å². The lowest BCUT2D eigenvalue weighted by Crippen LogP contribution is -2.41. The van der Waals surface area contributed by atoms with E-state index in [2.05, 4.69) is 34.5 Å². The Kier molecular flexibility index (Phi) is 9.31. The molecule has 1 saturated carbocycles. The molecule has 0 spiro atoms. The van der Waals surface area contributed by atoms with Crippen molar-refractivity contribution in [2.75, 3.05) is 20.1 Å². The Balaban J connectivity index is 0.00000242. The smallest absolute Gasteiger partial charge is 0.190 e. The summed E-state index contributed by atoms with van der Waals surface area (Å²) in [5.74, 6) is 2.64. The van der Waals surface area contributed by atoms with Crippen LogP contribution < -0.4 is 10.6 Å². The first-order valence-electron chi connectivity index (χ1n) is 8.03. The highest BCUT2D eigenvalue weighted by molar-refractivity contribution is 14.0. The quantitative estimate of drug-likeness (QED) is 0.421. The van der Waals surface area contributed by atoms with Crippen LogP contribution in [0.25, 0.3) is 0 Å². The van der Waals surface area contributed by atoms with Gasteiger partial charge in [-0.2, -0.15) is 0 Å². The molecule has 0 amide bonds. The summed E-state index contributed by atoms with van der Waals surface area (Å²) in [6.45, 7) is 6.39. The molecule has 0 aliphatic heterocycles. The monoisotopic (exact) mass is 436 g/mol. The highest BCUT2D eigenvalue weighted by Gasteiger charge is 2.18. The number of guanidine groups is 1. The van der Waals surface area contributed by atoms with Crippen LogP contribution in [-0.2, 0) is 6.42 Å². The zero-order valence-corrected chi connectivity index (χ0v) is 17.0. The van der Waals surface area contributed by atoms with Crippen molar-refractivity contribution in [3.63, 3.8) is 0 Å². The fourth-order valence-corrected chi connectivity index (χ4v) is 3.59. The van der Waals surface area contributed by atoms with Crippen molar-refractivity contribution >= 4 is 41.3 Å². The average Bonchev–Trinajstić information content (AvgIpc) is 2.90. The molecule has 1 heterocycles. The number of rotatable bonds is 5. The molecule has 2 N–H and O–H groups in total. The normalized spacial score (nSPS) is 22.0. The number of aryl methyl sites for hydroxylation is 1. The van der Waals surface area contributed by atoms with E-state index >= 15 is 0 Å². The SMILES string of the molecule is CN=C(NCCc1ncc(C)s1)NCC1CCC(C)CC1.I. The van der Waals surface area contributed by atoms with Gasteiger partial charge in [-0.15, -0.1) is 35.3 Å². The Labute approximate surface area is 155 Å². The van der Waals surface area contributed by atoms with Crippen LogP contribution in [0.3, 0.4) is 0 Å². The molecule has 0 atom stereocenters. The van der Waals surface area contributed by atoms with Gasteiger partial charge in [-0.25, -0.2) is 4.98 Å². The fraction of sp³-hybridized carbons (Fsp3) is 0.750. The molecule has 0 unspecified atom stereocenters. The maximum Gasteiger partial charge on any atom is 0.190 e. The van der Waals surface area contributed by atoms with Crippen molar-refractivity contribution in [3.8, 4) is 0 Å². The van der Waals surface area contributed by atoms with Gasteiger partial charge in [0.15, 0.2) is 5.96 Å². The van der Waals surface area contributed by atoms with Crippen LogP contribution in [0, 0.1) is 18.8 Å². The minimum absolute atomic E-state index is 0. The molecule has 6 heteroatoms. The summed E-state index contributed by atoms with van der Waals surface area (Å²) in [5.41, 5.74) is 0. The van der Waals surface area contributed by atoms with Crippen LogP contribution in [0.2, 0.25) is 0 Å². The van der Waals surface area contributed by atoms with Gasteiger partial charge in [0.25, 0.3) is 0 Å². The van der Waals surface area contributed by atoms with Crippen molar-refractivity contribution in [2.24, 2.45) is 16.8 Å². The van der Waals surface area contributed by atoms with E-state index in [-0.39, 0.29) is 24.0 Å². The number of thiazole rings is 1. The van der Waals surface area contributed by atoms with Gasteiger partial charge in [-0.3, -0.25) is 4.99 Å². The number of aromatic nitrogens is 1. The molecule has 1 aliphatic carbocycles. The lowest BCUT2D eigenvalue weighted by Gasteiger charge is -2.26. The van der Waals surface area contributed by atoms with Crippen LogP contribution in [0.1, 0.15) is 42.5 Å². The maximum absolute atomic E-state index is 4.38. The fourth-order valence-electron chi connectivity index (χ4n) is 2.80. The third kappa shape index (κ3) is 6.81. The summed E-state index contributed by atoms with van der Waals surface area (Å²) in [6, 6.07) is 0. The number of hydrogen-bond acceptors (Lipinski definition) is 3. The van der Waals surface area contributed by atoms with Gasteiger partial charge < -0.3 is 10.6 Å². The van der Waals surface area contributed by atoms with E-state index in [1.807, 2.05) is 13.2 Å². The largest absolute Gasteiger partial charge is 0.356 e. The van der Waals surface area contributed by atoms with Crippen LogP contribution in [-0.4, -0.2) is 31.1 Å². The Hall–Kier alpha value is -0.370. The van der Waals surface area contributed by atoms with Gasteiger partial charge >= 0.3 is 0 Å². The van der Waals surface area contributed by atoms with Crippen LogP contribution in [0.15, 0.2) is 11.2 Å². The Morgan fingerprint density at radius 1 is 1.32 bits per heavy atom. The Morgan fingerprint density at radius 2 is 2.05 bits per heavy atom. The molecule has 0 bridgehead atoms. The molecule has 1 aromatic rings. The standard InChI is InChI=1S/C16H28N4S.HI/c1-12-4-6-14(7-5-12)11-20-16(17-3)18-9-8-15-19-10-13(2)21-15;/h10,12,14H,4-9,11H2,1-3H3,(H2,17,18,20);1H. The first-order chi connectivity index (χ1) is 10.2. The highest BCUT2D eigenvalue weighted by atomic mass is 127. The first kappa shape index (κ1) is 19.7. The second-order valence-corrected chi connectivity index (χ2v) is 7.44. The summed E-state index contributed by atoms with van der Waals surface area (Å²) in [4.78, 5) is 9.96. The van der Waals surface area contributed by atoms with E-state index in [1.165, 1.54) is 35.6 Å². The van der Waals surface area contributed by atoms with E-state index in [0.29, 0.717) is 0 Å². The second-order valence-electron chi connectivity index (χ2n) is 6.12.